The van der Waals surface area contributed by atoms with Crippen LogP contribution in [-0.4, -0.2) is 59.5 Å². The Morgan fingerprint density at radius 2 is 1.97 bits per heavy atom. The minimum absolute atomic E-state index is 0.0404. The van der Waals surface area contributed by atoms with Crippen molar-refractivity contribution in [3.05, 3.63) is 70.4 Å². The number of hydrogen-bond acceptors (Lipinski definition) is 3. The smallest absolute Gasteiger partial charge is 0.251 e. The van der Waals surface area contributed by atoms with Gasteiger partial charge in [0.2, 0.25) is 0 Å². The van der Waals surface area contributed by atoms with E-state index in [9.17, 15) is 4.79 Å². The Labute approximate surface area is 175 Å². The van der Waals surface area contributed by atoms with Crippen molar-refractivity contribution in [2.24, 2.45) is 0 Å². The number of aromatic nitrogens is 1. The molecule has 2 N–H and O–H groups in total. The summed E-state index contributed by atoms with van der Waals surface area (Å²) in [6, 6.07) is 16.2. The van der Waals surface area contributed by atoms with Crippen LogP contribution < -0.4 is 5.32 Å². The fourth-order valence-corrected chi connectivity index (χ4v) is 4.78. The highest BCUT2D eigenvalue weighted by Gasteiger charge is 2.33. The number of piperazine rings is 1. The number of benzene rings is 2. The van der Waals surface area contributed by atoms with Crippen LogP contribution in [0.2, 0.25) is 5.02 Å². The first-order chi connectivity index (χ1) is 14.2. The molecule has 1 unspecified atom stereocenters. The number of amides is 1. The van der Waals surface area contributed by atoms with Gasteiger partial charge in [0, 0.05) is 72.5 Å². The first-order valence-electron chi connectivity index (χ1n) is 10.3. The van der Waals surface area contributed by atoms with Crippen molar-refractivity contribution in [1.82, 2.24) is 20.1 Å². The molecule has 150 valence electrons. The van der Waals surface area contributed by atoms with Gasteiger partial charge in [0.15, 0.2) is 0 Å². The highest BCUT2D eigenvalue weighted by molar-refractivity contribution is 6.30. The summed E-state index contributed by atoms with van der Waals surface area (Å²) in [4.78, 5) is 21.0. The molecule has 0 aliphatic carbocycles. The van der Waals surface area contributed by atoms with Gasteiger partial charge in [-0.15, -0.1) is 0 Å². The molecular formula is C23H25ClN4O. The number of nitrogens with zero attached hydrogens (tertiary/aromatic N) is 2. The maximum Gasteiger partial charge on any atom is 0.251 e. The van der Waals surface area contributed by atoms with Crippen LogP contribution in [0.3, 0.4) is 0 Å². The number of aromatic amines is 1. The molecule has 5 nitrogen and oxygen atoms in total. The van der Waals surface area contributed by atoms with Crippen LogP contribution in [-0.2, 0) is 13.0 Å². The molecule has 0 spiro atoms. The Bertz CT molecular complexity index is 1030. The molecule has 2 aromatic carbocycles. The third-order valence-corrected chi connectivity index (χ3v) is 6.46. The van der Waals surface area contributed by atoms with E-state index in [1.165, 1.54) is 22.2 Å². The molecule has 2 aliphatic heterocycles. The van der Waals surface area contributed by atoms with Crippen LogP contribution in [0.25, 0.3) is 10.9 Å². The molecule has 3 heterocycles. The Morgan fingerprint density at radius 3 is 2.83 bits per heavy atom. The van der Waals surface area contributed by atoms with Crippen molar-refractivity contribution < 1.29 is 4.79 Å². The third-order valence-electron chi connectivity index (χ3n) is 6.21. The monoisotopic (exact) mass is 408 g/mol. The second-order valence-electron chi connectivity index (χ2n) is 8.02. The average Bonchev–Trinajstić information content (AvgIpc) is 3.10. The van der Waals surface area contributed by atoms with Crippen molar-refractivity contribution >= 4 is 28.4 Å². The topological polar surface area (TPSA) is 51.4 Å². The molecule has 2 aliphatic rings. The molecule has 1 amide bonds. The molecule has 1 fully saturated rings. The molecule has 1 atom stereocenters. The normalized spacial score (nSPS) is 19.7. The summed E-state index contributed by atoms with van der Waals surface area (Å²) in [7, 11) is 0. The van der Waals surface area contributed by atoms with Gasteiger partial charge in [-0.3, -0.25) is 14.6 Å². The van der Waals surface area contributed by atoms with E-state index in [1.54, 1.807) is 24.3 Å². The molecule has 0 radical (unpaired) electrons. The molecule has 1 saturated heterocycles. The summed E-state index contributed by atoms with van der Waals surface area (Å²) in [5.41, 5.74) is 4.77. The number of H-pyrrole nitrogens is 1. The third kappa shape index (κ3) is 3.78. The largest absolute Gasteiger partial charge is 0.357 e. The Kier molecular flexibility index (Phi) is 5.04. The van der Waals surface area contributed by atoms with Gasteiger partial charge in [-0.2, -0.15) is 0 Å². The van der Waals surface area contributed by atoms with E-state index < -0.39 is 0 Å². The zero-order chi connectivity index (χ0) is 19.8. The van der Waals surface area contributed by atoms with Crippen molar-refractivity contribution in [3.8, 4) is 0 Å². The SMILES string of the molecule is O=C(NCCN1CCN2Cc3[nH]c4ccccc4c3CC2C1)c1ccc(Cl)cc1. The number of nitrogens with one attached hydrogen (secondary N) is 2. The molecule has 6 heteroatoms. The molecule has 3 aromatic rings. The fourth-order valence-electron chi connectivity index (χ4n) is 4.66. The highest BCUT2D eigenvalue weighted by Crippen LogP contribution is 2.31. The van der Waals surface area contributed by atoms with Crippen LogP contribution in [0, 0.1) is 0 Å². The number of carbonyl (C=O) groups is 1. The first kappa shape index (κ1) is 18.7. The van der Waals surface area contributed by atoms with E-state index in [0.29, 0.717) is 23.2 Å². The van der Waals surface area contributed by atoms with Crippen LogP contribution in [0.5, 0.6) is 0 Å². The van der Waals surface area contributed by atoms with E-state index in [1.807, 2.05) is 0 Å². The Balaban J connectivity index is 1.18. The minimum Gasteiger partial charge on any atom is -0.357 e. The second-order valence-corrected chi connectivity index (χ2v) is 8.46. The fraction of sp³-hybridized carbons (Fsp3) is 0.348. The number of halogens is 1. The molecule has 29 heavy (non-hydrogen) atoms. The maximum atomic E-state index is 12.3. The number of hydrogen-bond donors (Lipinski definition) is 2. The number of rotatable bonds is 4. The second kappa shape index (κ2) is 7.82. The van der Waals surface area contributed by atoms with Gasteiger partial charge < -0.3 is 10.3 Å². The van der Waals surface area contributed by atoms with Gasteiger partial charge in [-0.1, -0.05) is 29.8 Å². The number of carbonyl (C=O) groups excluding carboxylic acids is 1. The highest BCUT2D eigenvalue weighted by atomic mass is 35.5. The van der Waals surface area contributed by atoms with Crippen molar-refractivity contribution in [2.75, 3.05) is 32.7 Å². The molecule has 5 rings (SSSR count). The number of fused-ring (bicyclic) bond motifs is 4. The lowest BCUT2D eigenvalue weighted by molar-refractivity contribution is 0.0600. The van der Waals surface area contributed by atoms with Gasteiger partial charge in [-0.05, 0) is 42.3 Å². The molecule has 1 aromatic heterocycles. The lowest BCUT2D eigenvalue weighted by Gasteiger charge is -2.44. The lowest BCUT2D eigenvalue weighted by atomic mass is 9.95. The zero-order valence-electron chi connectivity index (χ0n) is 16.3. The first-order valence-corrected chi connectivity index (χ1v) is 10.6. The van der Waals surface area contributed by atoms with Crippen LogP contribution >= 0.6 is 11.6 Å². The zero-order valence-corrected chi connectivity index (χ0v) is 17.1. The summed E-state index contributed by atoms with van der Waals surface area (Å²) in [5, 5.41) is 5.04. The van der Waals surface area contributed by atoms with Crippen molar-refractivity contribution in [1.29, 1.82) is 0 Å². The summed E-state index contributed by atoms with van der Waals surface area (Å²) in [5.74, 6) is -0.0404. The van der Waals surface area contributed by atoms with E-state index >= 15 is 0 Å². The summed E-state index contributed by atoms with van der Waals surface area (Å²) in [6.45, 7) is 5.72. The predicted octanol–water partition coefficient (Wildman–Crippen LogP) is 3.29. The minimum atomic E-state index is -0.0404. The van der Waals surface area contributed by atoms with Gasteiger partial charge in [0.05, 0.1) is 0 Å². The Morgan fingerprint density at radius 1 is 1.14 bits per heavy atom. The molecule has 0 bridgehead atoms. The standard InChI is InChI=1S/C23H25ClN4O/c24-17-7-5-16(6-8-17)23(29)25-9-10-27-11-12-28-15-22-20(13-18(28)14-27)19-3-1-2-4-21(19)26-22/h1-8,18,26H,9-15H2,(H,25,29). The Hall–Kier alpha value is -2.34. The van der Waals surface area contributed by atoms with Gasteiger partial charge in [0.25, 0.3) is 5.91 Å². The average molecular weight is 409 g/mol. The van der Waals surface area contributed by atoms with E-state index in [4.69, 9.17) is 11.6 Å². The predicted molar refractivity (Wildman–Crippen MR) is 116 cm³/mol. The van der Waals surface area contributed by atoms with E-state index in [-0.39, 0.29) is 5.91 Å². The molecular weight excluding hydrogens is 384 g/mol. The van der Waals surface area contributed by atoms with Crippen LogP contribution in [0.1, 0.15) is 21.6 Å². The quantitative estimate of drug-likeness (QED) is 0.696. The van der Waals surface area contributed by atoms with Crippen LogP contribution in [0.15, 0.2) is 48.5 Å². The summed E-state index contributed by atoms with van der Waals surface area (Å²) < 4.78 is 0. The van der Waals surface area contributed by atoms with Crippen molar-refractivity contribution in [3.63, 3.8) is 0 Å². The van der Waals surface area contributed by atoms with Crippen LogP contribution in [0.4, 0.5) is 0 Å². The van der Waals surface area contributed by atoms with Gasteiger partial charge in [-0.25, -0.2) is 0 Å². The summed E-state index contributed by atoms with van der Waals surface area (Å²) >= 11 is 5.89. The molecule has 0 saturated carbocycles. The summed E-state index contributed by atoms with van der Waals surface area (Å²) in [6.07, 6.45) is 1.09. The van der Waals surface area contributed by atoms with Crippen molar-refractivity contribution in [2.45, 2.75) is 19.0 Å². The van der Waals surface area contributed by atoms with E-state index in [0.717, 1.165) is 39.1 Å². The lowest BCUT2D eigenvalue weighted by Crippen LogP contribution is -2.56. The van der Waals surface area contributed by atoms with Gasteiger partial charge in [0.1, 0.15) is 0 Å². The number of para-hydroxylation sites is 1. The van der Waals surface area contributed by atoms with E-state index in [2.05, 4.69) is 44.4 Å². The van der Waals surface area contributed by atoms with Gasteiger partial charge >= 0.3 is 0 Å². The maximum absolute atomic E-state index is 12.3.